The molecule has 0 bridgehead atoms. The molecule has 0 radical (unpaired) electrons. The second-order valence-electron chi connectivity index (χ2n) is 6.10. The SMILES string of the molecule is NC1=CC2CC3(CC2C=C1[N+](=O)[O-])C(=O)Nc1ncccc13. The van der Waals surface area contributed by atoms with Crippen LogP contribution in [0.3, 0.4) is 0 Å². The zero-order chi connectivity index (χ0) is 15.5. The van der Waals surface area contributed by atoms with E-state index < -0.39 is 10.3 Å². The summed E-state index contributed by atoms with van der Waals surface area (Å²) in [7, 11) is 0. The number of allylic oxidation sites excluding steroid dienone is 2. The van der Waals surface area contributed by atoms with Gasteiger partial charge in [-0.25, -0.2) is 4.98 Å². The molecule has 4 rings (SSSR count). The highest BCUT2D eigenvalue weighted by Gasteiger charge is 2.55. The third-order valence-corrected chi connectivity index (χ3v) is 4.97. The van der Waals surface area contributed by atoms with E-state index in [1.165, 1.54) is 0 Å². The maximum atomic E-state index is 12.5. The molecule has 0 aromatic carbocycles. The third kappa shape index (κ3) is 1.56. The molecule has 3 atom stereocenters. The number of nitrogens with zero attached hydrogens (tertiary/aromatic N) is 2. The Morgan fingerprint density at radius 2 is 2.09 bits per heavy atom. The smallest absolute Gasteiger partial charge is 0.288 e. The lowest BCUT2D eigenvalue weighted by Gasteiger charge is -2.20. The number of nitrogens with two attached hydrogens (primary N) is 1. The van der Waals surface area contributed by atoms with Crippen LogP contribution < -0.4 is 11.1 Å². The molecule has 1 fully saturated rings. The molecule has 3 unspecified atom stereocenters. The predicted octanol–water partition coefficient (Wildman–Crippen LogP) is 1.31. The van der Waals surface area contributed by atoms with E-state index in [1.54, 1.807) is 18.3 Å². The normalized spacial score (nSPS) is 32.1. The lowest BCUT2D eigenvalue weighted by Crippen LogP contribution is -2.31. The molecule has 2 heterocycles. The zero-order valence-electron chi connectivity index (χ0n) is 11.7. The van der Waals surface area contributed by atoms with E-state index in [9.17, 15) is 14.9 Å². The summed E-state index contributed by atoms with van der Waals surface area (Å²) in [6.45, 7) is 0. The van der Waals surface area contributed by atoms with Crippen LogP contribution in [0.1, 0.15) is 18.4 Å². The summed E-state index contributed by atoms with van der Waals surface area (Å²) in [4.78, 5) is 27.3. The summed E-state index contributed by atoms with van der Waals surface area (Å²) in [5.41, 5.74) is 6.16. The summed E-state index contributed by atoms with van der Waals surface area (Å²) >= 11 is 0. The van der Waals surface area contributed by atoms with Crippen molar-refractivity contribution in [2.45, 2.75) is 18.3 Å². The van der Waals surface area contributed by atoms with Crippen LogP contribution in [0.2, 0.25) is 0 Å². The molecule has 7 heteroatoms. The van der Waals surface area contributed by atoms with E-state index in [0.717, 1.165) is 5.56 Å². The Bertz CT molecular complexity index is 770. The first kappa shape index (κ1) is 13.0. The second kappa shape index (κ2) is 4.16. The fraction of sp³-hybridized carbons (Fsp3) is 0.333. The molecule has 2 aliphatic carbocycles. The van der Waals surface area contributed by atoms with Gasteiger partial charge < -0.3 is 11.1 Å². The topological polar surface area (TPSA) is 111 Å². The van der Waals surface area contributed by atoms with Gasteiger partial charge in [-0.05, 0) is 36.8 Å². The van der Waals surface area contributed by atoms with Crippen molar-refractivity contribution in [2.24, 2.45) is 17.6 Å². The van der Waals surface area contributed by atoms with Crippen LogP contribution in [0.15, 0.2) is 41.9 Å². The molecular formula is C15H14N4O3. The number of nitro groups is 1. The summed E-state index contributed by atoms with van der Waals surface area (Å²) in [6, 6.07) is 3.72. The lowest BCUT2D eigenvalue weighted by molar-refractivity contribution is -0.421. The first-order valence-corrected chi connectivity index (χ1v) is 7.12. The third-order valence-electron chi connectivity index (χ3n) is 4.97. The number of carbonyl (C=O) groups is 1. The Morgan fingerprint density at radius 3 is 2.82 bits per heavy atom. The summed E-state index contributed by atoms with van der Waals surface area (Å²) in [5.74, 6) is 0.519. The van der Waals surface area contributed by atoms with Crippen LogP contribution in [-0.2, 0) is 10.2 Å². The Labute approximate surface area is 126 Å². The van der Waals surface area contributed by atoms with Crippen molar-refractivity contribution in [2.75, 3.05) is 5.32 Å². The van der Waals surface area contributed by atoms with Gasteiger partial charge in [-0.1, -0.05) is 12.1 Å². The van der Waals surface area contributed by atoms with Crippen LogP contribution in [0, 0.1) is 22.0 Å². The van der Waals surface area contributed by atoms with Gasteiger partial charge >= 0.3 is 0 Å². The molecule has 3 aliphatic rings. The molecule has 1 amide bonds. The molecule has 1 aromatic rings. The molecule has 3 N–H and O–H groups in total. The first-order chi connectivity index (χ1) is 10.5. The molecule has 7 nitrogen and oxygen atoms in total. The van der Waals surface area contributed by atoms with Crippen LogP contribution in [0.4, 0.5) is 5.82 Å². The number of pyridine rings is 1. The number of rotatable bonds is 1. The van der Waals surface area contributed by atoms with Crippen molar-refractivity contribution >= 4 is 11.7 Å². The van der Waals surface area contributed by atoms with Gasteiger partial charge in [0.1, 0.15) is 11.5 Å². The Hall–Kier alpha value is -2.70. The van der Waals surface area contributed by atoms with Crippen LogP contribution >= 0.6 is 0 Å². The van der Waals surface area contributed by atoms with Crippen molar-refractivity contribution in [1.29, 1.82) is 0 Å². The Morgan fingerprint density at radius 1 is 1.36 bits per heavy atom. The maximum absolute atomic E-state index is 12.5. The van der Waals surface area contributed by atoms with Gasteiger partial charge in [0.2, 0.25) is 5.91 Å². The van der Waals surface area contributed by atoms with Gasteiger partial charge in [0.15, 0.2) is 0 Å². The standard InChI is InChI=1S/C15H14N4O3/c16-11-4-8-6-15(7-9(8)5-12(11)19(21)22)10-2-1-3-17-13(10)18-14(15)20/h1-5,8-9H,6-7,16H2,(H,17,18,20). The average molecular weight is 298 g/mol. The average Bonchev–Trinajstić information content (AvgIpc) is 2.97. The predicted molar refractivity (Wildman–Crippen MR) is 78.1 cm³/mol. The van der Waals surface area contributed by atoms with Crippen molar-refractivity contribution in [3.63, 3.8) is 0 Å². The molecule has 1 aliphatic heterocycles. The van der Waals surface area contributed by atoms with Gasteiger partial charge in [0.25, 0.3) is 5.70 Å². The fourth-order valence-electron chi connectivity index (χ4n) is 3.98. The number of aromatic nitrogens is 1. The van der Waals surface area contributed by atoms with Crippen LogP contribution in [-0.4, -0.2) is 15.8 Å². The monoisotopic (exact) mass is 298 g/mol. The minimum Gasteiger partial charge on any atom is -0.393 e. The van der Waals surface area contributed by atoms with E-state index >= 15 is 0 Å². The van der Waals surface area contributed by atoms with E-state index in [1.807, 2.05) is 12.1 Å². The first-order valence-electron chi connectivity index (χ1n) is 7.12. The van der Waals surface area contributed by atoms with Crippen molar-refractivity contribution < 1.29 is 9.72 Å². The maximum Gasteiger partial charge on any atom is 0.288 e. The van der Waals surface area contributed by atoms with Gasteiger partial charge in [-0.3, -0.25) is 14.9 Å². The van der Waals surface area contributed by atoms with Crippen LogP contribution in [0.25, 0.3) is 0 Å². The van der Waals surface area contributed by atoms with Gasteiger partial charge in [-0.2, -0.15) is 0 Å². The number of hydrogen-bond donors (Lipinski definition) is 2. The van der Waals surface area contributed by atoms with Crippen molar-refractivity contribution in [1.82, 2.24) is 4.98 Å². The summed E-state index contributed by atoms with van der Waals surface area (Å²) in [5, 5.41) is 13.9. The quantitative estimate of drug-likeness (QED) is 0.600. The minimum absolute atomic E-state index is 0.0422. The number of nitrogens with one attached hydrogen (secondary N) is 1. The highest BCUT2D eigenvalue weighted by atomic mass is 16.6. The summed E-state index contributed by atoms with van der Waals surface area (Å²) < 4.78 is 0. The lowest BCUT2D eigenvalue weighted by atomic mass is 9.79. The van der Waals surface area contributed by atoms with E-state index in [2.05, 4.69) is 10.3 Å². The highest BCUT2D eigenvalue weighted by Crippen LogP contribution is 2.54. The van der Waals surface area contributed by atoms with E-state index in [0.29, 0.717) is 18.7 Å². The fourth-order valence-corrected chi connectivity index (χ4v) is 3.98. The minimum atomic E-state index is -0.655. The van der Waals surface area contributed by atoms with E-state index in [4.69, 9.17) is 5.73 Å². The van der Waals surface area contributed by atoms with Gasteiger partial charge in [0.05, 0.1) is 10.3 Å². The number of amides is 1. The number of fused-ring (bicyclic) bond motifs is 3. The Kier molecular flexibility index (Phi) is 2.46. The molecule has 0 saturated heterocycles. The molecule has 1 aromatic heterocycles. The highest BCUT2D eigenvalue weighted by molar-refractivity contribution is 6.05. The number of carbonyl (C=O) groups excluding carboxylic acids is 1. The molecular weight excluding hydrogens is 284 g/mol. The molecule has 1 spiro atoms. The molecule has 22 heavy (non-hydrogen) atoms. The number of hydrogen-bond acceptors (Lipinski definition) is 5. The Balaban J connectivity index is 1.78. The van der Waals surface area contributed by atoms with E-state index in [-0.39, 0.29) is 29.1 Å². The zero-order valence-corrected chi connectivity index (χ0v) is 11.7. The van der Waals surface area contributed by atoms with Gasteiger partial charge in [-0.15, -0.1) is 0 Å². The molecule has 112 valence electrons. The molecule has 1 saturated carbocycles. The van der Waals surface area contributed by atoms with Crippen molar-refractivity contribution in [3.05, 3.63) is 57.6 Å². The second-order valence-corrected chi connectivity index (χ2v) is 6.10. The van der Waals surface area contributed by atoms with Gasteiger partial charge in [0, 0.05) is 11.8 Å². The number of anilines is 1. The van der Waals surface area contributed by atoms with Crippen LogP contribution in [0.5, 0.6) is 0 Å². The summed E-state index contributed by atoms with van der Waals surface area (Å²) in [6.07, 6.45) is 6.13. The largest absolute Gasteiger partial charge is 0.393 e. The van der Waals surface area contributed by atoms with Crippen molar-refractivity contribution in [3.8, 4) is 0 Å².